The van der Waals surface area contributed by atoms with Crippen molar-refractivity contribution in [2.24, 2.45) is 0 Å². The number of ether oxygens (including phenoxy) is 2. The van der Waals surface area contributed by atoms with E-state index in [9.17, 15) is 9.59 Å². The van der Waals surface area contributed by atoms with Gasteiger partial charge in [0.05, 0.1) is 17.8 Å². The Balaban J connectivity index is 1.45. The summed E-state index contributed by atoms with van der Waals surface area (Å²) in [4.78, 5) is 30.3. The van der Waals surface area contributed by atoms with Crippen molar-refractivity contribution in [1.82, 2.24) is 4.98 Å². The van der Waals surface area contributed by atoms with Gasteiger partial charge >= 0.3 is 0 Å². The number of carbonyl (C=O) groups excluding carboxylic acids is 2. The van der Waals surface area contributed by atoms with Crippen LogP contribution in [0.5, 0.6) is 11.5 Å². The first-order valence-electron chi connectivity index (χ1n) is 8.95. The number of rotatable bonds is 5. The monoisotopic (exact) mass is 409 g/mol. The lowest BCUT2D eigenvalue weighted by molar-refractivity contribution is -0.120. The zero-order chi connectivity index (χ0) is 20.4. The van der Waals surface area contributed by atoms with Gasteiger partial charge in [-0.3, -0.25) is 9.59 Å². The van der Waals surface area contributed by atoms with Crippen LogP contribution in [0.2, 0.25) is 0 Å². The highest BCUT2D eigenvalue weighted by molar-refractivity contribution is 7.09. The molecule has 2 heterocycles. The number of amides is 2. The molecular weight excluding hydrogens is 390 g/mol. The van der Waals surface area contributed by atoms with Crippen LogP contribution in [0.25, 0.3) is 0 Å². The molecule has 0 atom stereocenters. The van der Waals surface area contributed by atoms with Crippen molar-refractivity contribution >= 4 is 34.5 Å². The summed E-state index contributed by atoms with van der Waals surface area (Å²) in [6.45, 7) is 0.0189. The van der Waals surface area contributed by atoms with E-state index in [2.05, 4.69) is 10.3 Å². The molecule has 1 aliphatic heterocycles. The Bertz CT molecular complexity index is 1060. The lowest BCUT2D eigenvalue weighted by Gasteiger charge is -2.26. The van der Waals surface area contributed by atoms with Gasteiger partial charge in [-0.2, -0.15) is 0 Å². The van der Waals surface area contributed by atoms with Crippen molar-refractivity contribution in [3.63, 3.8) is 0 Å². The van der Waals surface area contributed by atoms with Crippen molar-refractivity contribution in [2.45, 2.75) is 6.42 Å². The summed E-state index contributed by atoms with van der Waals surface area (Å²) in [5.41, 5.74) is 2.65. The van der Waals surface area contributed by atoms with E-state index in [4.69, 9.17) is 9.47 Å². The molecule has 1 aromatic heterocycles. The maximum Gasteiger partial charge on any atom is 0.275 e. The fraction of sp³-hybridized carbons (Fsp3) is 0.190. The third kappa shape index (κ3) is 4.07. The van der Waals surface area contributed by atoms with Gasteiger partial charge in [-0.1, -0.05) is 12.1 Å². The average Bonchev–Trinajstić information content (AvgIpc) is 3.20. The minimum absolute atomic E-state index is 0.0189. The zero-order valence-electron chi connectivity index (χ0n) is 16.0. The van der Waals surface area contributed by atoms with E-state index in [0.717, 1.165) is 16.3 Å². The van der Waals surface area contributed by atoms with Crippen LogP contribution < -0.4 is 19.7 Å². The van der Waals surface area contributed by atoms with E-state index in [1.807, 2.05) is 24.3 Å². The number of hydrogen-bond donors (Lipinski definition) is 1. The molecule has 7 nitrogen and oxygen atoms in total. The highest BCUT2D eigenvalue weighted by Crippen LogP contribution is 2.33. The van der Waals surface area contributed by atoms with E-state index < -0.39 is 0 Å². The second kappa shape index (κ2) is 7.92. The Labute approximate surface area is 171 Å². The normalized spacial score (nSPS) is 12.9. The molecule has 0 fully saturated rings. The Morgan fingerprint density at radius 2 is 2.07 bits per heavy atom. The molecule has 1 N–H and O–H groups in total. The molecule has 0 radical (unpaired) electrons. The second-order valence-electron chi connectivity index (χ2n) is 6.53. The standard InChI is InChI=1S/C21H19N3O4S/c1-24-17-10-14(5-8-18(17)28-11-20(24)25)22-21(26)16-12-29-19(23-16)9-13-3-6-15(27-2)7-4-13/h3-8,10,12H,9,11H2,1-2H3,(H,22,26). The number of fused-ring (bicyclic) bond motifs is 1. The number of thiazole rings is 1. The predicted molar refractivity (Wildman–Crippen MR) is 111 cm³/mol. The van der Waals surface area contributed by atoms with E-state index in [-0.39, 0.29) is 18.4 Å². The molecule has 2 aromatic carbocycles. The Morgan fingerprint density at radius 3 is 2.83 bits per heavy atom. The van der Waals surface area contributed by atoms with Gasteiger partial charge in [0.15, 0.2) is 6.61 Å². The van der Waals surface area contributed by atoms with Crippen LogP contribution in [0.1, 0.15) is 21.1 Å². The molecule has 4 rings (SSSR count). The van der Waals surface area contributed by atoms with E-state index >= 15 is 0 Å². The highest BCUT2D eigenvalue weighted by Gasteiger charge is 2.23. The van der Waals surface area contributed by atoms with Crippen LogP contribution in [0.15, 0.2) is 47.8 Å². The molecule has 0 spiro atoms. The minimum Gasteiger partial charge on any atom is -0.497 e. The first-order chi connectivity index (χ1) is 14.0. The summed E-state index contributed by atoms with van der Waals surface area (Å²) in [6.07, 6.45) is 0.644. The Hall–Kier alpha value is -3.39. The van der Waals surface area contributed by atoms with E-state index in [1.165, 1.54) is 16.2 Å². The summed E-state index contributed by atoms with van der Waals surface area (Å²) in [7, 11) is 3.31. The molecule has 1 aliphatic rings. The van der Waals surface area contributed by atoms with Gasteiger partial charge in [0.25, 0.3) is 11.8 Å². The van der Waals surface area contributed by atoms with Gasteiger partial charge in [0, 0.05) is 24.5 Å². The van der Waals surface area contributed by atoms with Gasteiger partial charge in [-0.05, 0) is 35.9 Å². The zero-order valence-corrected chi connectivity index (χ0v) is 16.8. The largest absolute Gasteiger partial charge is 0.497 e. The first kappa shape index (κ1) is 18.9. The lowest BCUT2D eigenvalue weighted by atomic mass is 10.1. The summed E-state index contributed by atoms with van der Waals surface area (Å²) < 4.78 is 10.6. The van der Waals surface area contributed by atoms with Crippen molar-refractivity contribution < 1.29 is 19.1 Å². The minimum atomic E-state index is -0.298. The lowest BCUT2D eigenvalue weighted by Crippen LogP contribution is -2.35. The van der Waals surface area contributed by atoms with Crippen molar-refractivity contribution in [2.75, 3.05) is 31.0 Å². The van der Waals surface area contributed by atoms with E-state index in [1.54, 1.807) is 37.7 Å². The van der Waals surface area contributed by atoms with Gasteiger partial charge in [-0.15, -0.1) is 11.3 Å². The van der Waals surface area contributed by atoms with Gasteiger partial charge in [-0.25, -0.2) is 4.98 Å². The summed E-state index contributed by atoms with van der Waals surface area (Å²) >= 11 is 1.44. The molecule has 3 aromatic rings. The predicted octanol–water partition coefficient (Wildman–Crippen LogP) is 3.35. The van der Waals surface area contributed by atoms with Gasteiger partial charge < -0.3 is 19.7 Å². The fourth-order valence-corrected chi connectivity index (χ4v) is 3.77. The second-order valence-corrected chi connectivity index (χ2v) is 7.47. The van der Waals surface area contributed by atoms with Crippen LogP contribution in [0.3, 0.4) is 0 Å². The molecule has 0 saturated heterocycles. The maximum absolute atomic E-state index is 12.6. The number of methoxy groups -OCH3 is 1. The number of likely N-dealkylation sites (N-methyl/N-ethyl adjacent to an activating group) is 1. The van der Waals surface area contributed by atoms with Gasteiger partial charge in [0.2, 0.25) is 0 Å². The van der Waals surface area contributed by atoms with Crippen LogP contribution in [0, 0.1) is 0 Å². The SMILES string of the molecule is COc1ccc(Cc2nc(C(=O)Nc3ccc4c(c3)N(C)C(=O)CO4)cs2)cc1. The maximum atomic E-state index is 12.6. The summed E-state index contributed by atoms with van der Waals surface area (Å²) in [5.74, 6) is 0.979. The number of benzene rings is 2. The number of aromatic nitrogens is 1. The van der Waals surface area contributed by atoms with Gasteiger partial charge in [0.1, 0.15) is 17.2 Å². The molecule has 0 unspecified atom stereocenters. The van der Waals surface area contributed by atoms with Crippen molar-refractivity contribution in [3.8, 4) is 11.5 Å². The first-order valence-corrected chi connectivity index (χ1v) is 9.83. The number of hydrogen-bond acceptors (Lipinski definition) is 6. The molecular formula is C21H19N3O4S. The topological polar surface area (TPSA) is 80.8 Å². The van der Waals surface area contributed by atoms with Crippen molar-refractivity contribution in [1.29, 1.82) is 0 Å². The van der Waals surface area contributed by atoms with Crippen LogP contribution in [-0.2, 0) is 11.2 Å². The smallest absolute Gasteiger partial charge is 0.275 e. The highest BCUT2D eigenvalue weighted by atomic mass is 32.1. The summed E-state index contributed by atoms with van der Waals surface area (Å²) in [6, 6.07) is 13.0. The number of anilines is 2. The molecule has 2 amide bonds. The molecule has 29 heavy (non-hydrogen) atoms. The molecule has 0 aliphatic carbocycles. The Morgan fingerprint density at radius 1 is 1.28 bits per heavy atom. The van der Waals surface area contributed by atoms with E-state index in [0.29, 0.717) is 29.2 Å². The molecule has 148 valence electrons. The van der Waals surface area contributed by atoms with Crippen LogP contribution in [-0.4, -0.2) is 37.6 Å². The van der Waals surface area contributed by atoms with Crippen LogP contribution >= 0.6 is 11.3 Å². The average molecular weight is 409 g/mol. The summed E-state index contributed by atoms with van der Waals surface area (Å²) in [5, 5.41) is 5.42. The Kier molecular flexibility index (Phi) is 5.18. The number of carbonyl (C=O) groups is 2. The molecule has 0 saturated carbocycles. The molecule has 8 heteroatoms. The fourth-order valence-electron chi connectivity index (χ4n) is 2.96. The third-order valence-corrected chi connectivity index (χ3v) is 5.45. The van der Waals surface area contributed by atoms with Crippen LogP contribution in [0.4, 0.5) is 11.4 Å². The number of nitrogens with one attached hydrogen (secondary N) is 1. The molecule has 0 bridgehead atoms. The number of nitrogens with zero attached hydrogens (tertiary/aromatic N) is 2. The quantitative estimate of drug-likeness (QED) is 0.699. The third-order valence-electron chi connectivity index (χ3n) is 4.60. The van der Waals surface area contributed by atoms with Crippen molar-refractivity contribution in [3.05, 3.63) is 64.1 Å².